The van der Waals surface area contributed by atoms with Crippen molar-refractivity contribution in [1.29, 1.82) is 0 Å². The highest BCUT2D eigenvalue weighted by Gasteiger charge is 2.11. The SMILES string of the molecule is COCC(C)CNCC(O)c1ccccc1F. The molecule has 3 nitrogen and oxygen atoms in total. The first-order valence-corrected chi connectivity index (χ1v) is 5.77. The van der Waals surface area contributed by atoms with Crippen molar-refractivity contribution in [1.82, 2.24) is 5.32 Å². The first-order valence-electron chi connectivity index (χ1n) is 5.77. The molecule has 0 amide bonds. The van der Waals surface area contributed by atoms with Gasteiger partial charge in [0.05, 0.1) is 6.10 Å². The number of halogens is 1. The molecule has 2 N–H and O–H groups in total. The van der Waals surface area contributed by atoms with Crippen molar-refractivity contribution in [3.05, 3.63) is 35.6 Å². The fraction of sp³-hybridized carbons (Fsp3) is 0.538. The number of aliphatic hydroxyl groups is 1. The van der Waals surface area contributed by atoms with Gasteiger partial charge in [-0.25, -0.2) is 4.39 Å². The Bertz CT molecular complexity index is 333. The van der Waals surface area contributed by atoms with Crippen molar-refractivity contribution < 1.29 is 14.2 Å². The zero-order valence-corrected chi connectivity index (χ0v) is 10.3. The lowest BCUT2D eigenvalue weighted by atomic mass is 10.1. The summed E-state index contributed by atoms with van der Waals surface area (Å²) in [6.07, 6.45) is -0.814. The topological polar surface area (TPSA) is 41.5 Å². The standard InChI is InChI=1S/C13H20FNO2/c1-10(9-17-2)7-15-8-13(16)11-5-3-4-6-12(11)14/h3-6,10,13,15-16H,7-9H2,1-2H3. The monoisotopic (exact) mass is 241 g/mol. The molecule has 1 aromatic carbocycles. The van der Waals surface area contributed by atoms with Gasteiger partial charge in [-0.1, -0.05) is 25.1 Å². The van der Waals surface area contributed by atoms with E-state index in [9.17, 15) is 9.50 Å². The number of methoxy groups -OCH3 is 1. The van der Waals surface area contributed by atoms with Crippen LogP contribution in [0.15, 0.2) is 24.3 Å². The Hall–Kier alpha value is -0.970. The second-order valence-corrected chi connectivity index (χ2v) is 4.26. The van der Waals surface area contributed by atoms with Crippen LogP contribution in [-0.4, -0.2) is 31.9 Å². The third-order valence-electron chi connectivity index (χ3n) is 2.55. The fourth-order valence-electron chi connectivity index (χ4n) is 1.67. The molecule has 0 bridgehead atoms. The summed E-state index contributed by atoms with van der Waals surface area (Å²) in [6.45, 7) is 3.79. The summed E-state index contributed by atoms with van der Waals surface area (Å²) in [4.78, 5) is 0. The molecule has 0 fully saturated rings. The molecule has 0 spiro atoms. The van der Waals surface area contributed by atoms with E-state index in [0.717, 1.165) is 6.54 Å². The molecule has 96 valence electrons. The molecule has 0 saturated carbocycles. The van der Waals surface area contributed by atoms with Crippen molar-refractivity contribution in [3.63, 3.8) is 0 Å². The summed E-state index contributed by atoms with van der Waals surface area (Å²) in [5.41, 5.74) is 0.333. The highest BCUT2D eigenvalue weighted by molar-refractivity contribution is 5.19. The van der Waals surface area contributed by atoms with Gasteiger partial charge in [0.15, 0.2) is 0 Å². The summed E-state index contributed by atoms with van der Waals surface area (Å²) in [5, 5.41) is 12.9. The molecular weight excluding hydrogens is 221 g/mol. The van der Waals surface area contributed by atoms with Gasteiger partial charge in [-0.15, -0.1) is 0 Å². The molecule has 0 aliphatic carbocycles. The summed E-state index contributed by atoms with van der Waals surface area (Å²) >= 11 is 0. The first-order chi connectivity index (χ1) is 8.15. The summed E-state index contributed by atoms with van der Waals surface area (Å²) in [5.74, 6) is -0.000407. The highest BCUT2D eigenvalue weighted by atomic mass is 19.1. The zero-order valence-electron chi connectivity index (χ0n) is 10.3. The third-order valence-corrected chi connectivity index (χ3v) is 2.55. The molecule has 0 heterocycles. The predicted molar refractivity (Wildman–Crippen MR) is 65.3 cm³/mol. The molecule has 0 aliphatic rings. The number of aliphatic hydroxyl groups excluding tert-OH is 1. The van der Waals surface area contributed by atoms with Gasteiger partial charge in [0.25, 0.3) is 0 Å². The molecule has 0 aliphatic heterocycles. The number of hydrogen-bond acceptors (Lipinski definition) is 3. The van der Waals surface area contributed by atoms with E-state index < -0.39 is 6.10 Å². The minimum absolute atomic E-state index is 0.333. The molecule has 17 heavy (non-hydrogen) atoms. The average Bonchev–Trinajstić information content (AvgIpc) is 2.29. The Morgan fingerprint density at radius 1 is 1.35 bits per heavy atom. The van der Waals surface area contributed by atoms with Crippen LogP contribution in [0.3, 0.4) is 0 Å². The lowest BCUT2D eigenvalue weighted by Gasteiger charge is -2.15. The molecule has 1 aromatic rings. The molecule has 0 radical (unpaired) electrons. The van der Waals surface area contributed by atoms with E-state index in [1.807, 2.05) is 6.92 Å². The van der Waals surface area contributed by atoms with Gasteiger partial charge in [0.1, 0.15) is 5.82 Å². The summed E-state index contributed by atoms with van der Waals surface area (Å²) < 4.78 is 18.3. The Labute approximate surface area is 102 Å². The van der Waals surface area contributed by atoms with Crippen LogP contribution < -0.4 is 5.32 Å². The van der Waals surface area contributed by atoms with E-state index in [2.05, 4.69) is 5.32 Å². The van der Waals surface area contributed by atoms with Gasteiger partial charge >= 0.3 is 0 Å². The van der Waals surface area contributed by atoms with Gasteiger partial charge in [0.2, 0.25) is 0 Å². The maximum atomic E-state index is 13.3. The highest BCUT2D eigenvalue weighted by Crippen LogP contribution is 2.15. The second-order valence-electron chi connectivity index (χ2n) is 4.26. The predicted octanol–water partition coefficient (Wildman–Crippen LogP) is 1.73. The van der Waals surface area contributed by atoms with Crippen LogP contribution in [0, 0.1) is 11.7 Å². The van der Waals surface area contributed by atoms with Crippen LogP contribution in [0.4, 0.5) is 4.39 Å². The Balaban J connectivity index is 2.35. The normalized spacial score (nSPS) is 14.6. The molecule has 4 heteroatoms. The Kier molecular flexibility index (Phi) is 6.11. The smallest absolute Gasteiger partial charge is 0.129 e. The van der Waals surface area contributed by atoms with Gasteiger partial charge in [-0.3, -0.25) is 0 Å². The average molecular weight is 241 g/mol. The van der Waals surface area contributed by atoms with E-state index in [-0.39, 0.29) is 5.82 Å². The maximum absolute atomic E-state index is 13.3. The second kappa shape index (κ2) is 7.37. The summed E-state index contributed by atoms with van der Waals surface area (Å²) in [6, 6.07) is 6.28. The van der Waals surface area contributed by atoms with Crippen molar-refractivity contribution in [2.24, 2.45) is 5.92 Å². The number of rotatable bonds is 7. The number of benzene rings is 1. The van der Waals surface area contributed by atoms with Crippen molar-refractivity contribution in [2.45, 2.75) is 13.0 Å². The molecule has 2 unspecified atom stereocenters. The fourth-order valence-corrected chi connectivity index (χ4v) is 1.67. The van der Waals surface area contributed by atoms with E-state index >= 15 is 0 Å². The van der Waals surface area contributed by atoms with Gasteiger partial charge < -0.3 is 15.2 Å². The minimum atomic E-state index is -0.814. The number of ether oxygens (including phenoxy) is 1. The van der Waals surface area contributed by atoms with Crippen molar-refractivity contribution in [3.8, 4) is 0 Å². The van der Waals surface area contributed by atoms with E-state index in [4.69, 9.17) is 4.74 Å². The summed E-state index contributed by atoms with van der Waals surface area (Å²) in [7, 11) is 1.66. The number of nitrogens with one attached hydrogen (secondary N) is 1. The minimum Gasteiger partial charge on any atom is -0.387 e. The van der Waals surface area contributed by atoms with Crippen LogP contribution in [0.5, 0.6) is 0 Å². The van der Waals surface area contributed by atoms with Gasteiger partial charge in [0, 0.05) is 32.4 Å². The van der Waals surface area contributed by atoms with Crippen LogP contribution in [0.1, 0.15) is 18.6 Å². The van der Waals surface area contributed by atoms with Crippen molar-refractivity contribution in [2.75, 3.05) is 26.8 Å². The first kappa shape index (κ1) is 14.1. The van der Waals surface area contributed by atoms with E-state index in [1.54, 1.807) is 25.3 Å². The molecule has 0 saturated heterocycles. The largest absolute Gasteiger partial charge is 0.387 e. The van der Waals surface area contributed by atoms with Gasteiger partial charge in [-0.05, 0) is 12.0 Å². The lowest BCUT2D eigenvalue weighted by molar-refractivity contribution is 0.146. The maximum Gasteiger partial charge on any atom is 0.129 e. The van der Waals surface area contributed by atoms with Crippen LogP contribution in [0.2, 0.25) is 0 Å². The third kappa shape index (κ3) is 4.81. The lowest BCUT2D eigenvalue weighted by Crippen LogP contribution is -2.28. The zero-order chi connectivity index (χ0) is 12.7. The molecule has 0 aromatic heterocycles. The van der Waals surface area contributed by atoms with Crippen LogP contribution >= 0.6 is 0 Å². The van der Waals surface area contributed by atoms with Crippen molar-refractivity contribution >= 4 is 0 Å². The quantitative estimate of drug-likeness (QED) is 0.764. The van der Waals surface area contributed by atoms with Crippen LogP contribution in [0.25, 0.3) is 0 Å². The molecule has 2 atom stereocenters. The number of hydrogen-bond donors (Lipinski definition) is 2. The molecular formula is C13H20FNO2. The van der Waals surface area contributed by atoms with E-state index in [1.165, 1.54) is 6.07 Å². The van der Waals surface area contributed by atoms with E-state index in [0.29, 0.717) is 24.6 Å². The Morgan fingerprint density at radius 3 is 2.71 bits per heavy atom. The molecule has 1 rings (SSSR count). The van der Waals surface area contributed by atoms with Gasteiger partial charge in [-0.2, -0.15) is 0 Å². The van der Waals surface area contributed by atoms with Crippen LogP contribution in [-0.2, 0) is 4.74 Å². The Morgan fingerprint density at radius 2 is 2.06 bits per heavy atom.